The zero-order chi connectivity index (χ0) is 26.6. The molecule has 36 heavy (non-hydrogen) atoms. The third-order valence-electron chi connectivity index (χ3n) is 6.86. The maximum absolute atomic E-state index is 13.1. The minimum atomic E-state index is -0.934. The second kappa shape index (κ2) is 9.47. The largest absolute Gasteiger partial charge is 0.467 e. The number of ether oxygens (including phenoxy) is 3. The molecular formula is C29H37ClN2O4. The van der Waals surface area contributed by atoms with Gasteiger partial charge in [0.15, 0.2) is 6.10 Å². The number of rotatable bonds is 6. The molecule has 1 unspecified atom stereocenters. The lowest BCUT2D eigenvalue weighted by Gasteiger charge is -2.43. The van der Waals surface area contributed by atoms with Gasteiger partial charge in [0, 0.05) is 39.3 Å². The van der Waals surface area contributed by atoms with Crippen molar-refractivity contribution in [1.82, 2.24) is 9.55 Å². The molecule has 0 N–H and O–H groups in total. The number of carbonyl (C=O) groups is 1. The summed E-state index contributed by atoms with van der Waals surface area (Å²) in [5, 5.41) is 1.65. The van der Waals surface area contributed by atoms with Gasteiger partial charge in [0.1, 0.15) is 5.65 Å². The van der Waals surface area contributed by atoms with Gasteiger partial charge in [-0.2, -0.15) is 0 Å². The number of esters is 1. The maximum atomic E-state index is 13.1. The van der Waals surface area contributed by atoms with Crippen LogP contribution < -0.4 is 0 Å². The first-order valence-corrected chi connectivity index (χ1v) is 12.8. The zero-order valence-corrected chi connectivity index (χ0v) is 23.5. The Morgan fingerprint density at radius 3 is 2.36 bits per heavy atom. The van der Waals surface area contributed by atoms with Gasteiger partial charge in [-0.15, -0.1) is 0 Å². The first-order chi connectivity index (χ1) is 16.7. The van der Waals surface area contributed by atoms with Crippen LogP contribution in [-0.4, -0.2) is 39.9 Å². The van der Waals surface area contributed by atoms with Gasteiger partial charge in [-0.25, -0.2) is 9.78 Å². The molecule has 6 nitrogen and oxygen atoms in total. The topological polar surface area (TPSA) is 62.6 Å². The average molecular weight is 513 g/mol. The summed E-state index contributed by atoms with van der Waals surface area (Å²) in [6.45, 7) is 16.9. The number of nitrogens with zero attached hydrogens (tertiary/aromatic N) is 2. The van der Waals surface area contributed by atoms with Crippen LogP contribution >= 0.6 is 11.6 Å². The van der Waals surface area contributed by atoms with Gasteiger partial charge in [-0.1, -0.05) is 23.7 Å². The van der Waals surface area contributed by atoms with Crippen LogP contribution in [0.1, 0.15) is 69.7 Å². The van der Waals surface area contributed by atoms with Gasteiger partial charge < -0.3 is 18.8 Å². The minimum Gasteiger partial charge on any atom is -0.467 e. The number of aryl methyl sites for hydroxylation is 2. The van der Waals surface area contributed by atoms with Crippen LogP contribution in [0.4, 0.5) is 0 Å². The van der Waals surface area contributed by atoms with Crippen molar-refractivity contribution >= 4 is 28.6 Å². The fraction of sp³-hybridized carbons (Fsp3) is 0.517. The standard InChI is InChI=1S/C29H37ClN2O4/c1-16-18(3)32(15-21-14-29(7,8)35-21)26-22(16)24(19-10-12-20(30)13-11-19)23(17(2)31-26)25(27(33)34-9)36-28(4,5)6/h10-13,21,25H,14-15H2,1-9H3/t21?,25-/m0/s1. The van der Waals surface area contributed by atoms with Crippen LogP contribution in [0.25, 0.3) is 22.2 Å². The van der Waals surface area contributed by atoms with Crippen LogP contribution in [0.5, 0.6) is 0 Å². The minimum absolute atomic E-state index is 0.0837. The molecule has 1 aliphatic heterocycles. The van der Waals surface area contributed by atoms with Gasteiger partial charge in [-0.3, -0.25) is 0 Å². The Kier molecular flexibility index (Phi) is 7.01. The first kappa shape index (κ1) is 26.6. The van der Waals surface area contributed by atoms with Crippen molar-refractivity contribution in [2.24, 2.45) is 0 Å². The van der Waals surface area contributed by atoms with Crippen LogP contribution in [0.2, 0.25) is 5.02 Å². The highest BCUT2D eigenvalue weighted by molar-refractivity contribution is 6.30. The summed E-state index contributed by atoms with van der Waals surface area (Å²) in [6.07, 6.45) is 0.203. The van der Waals surface area contributed by atoms with E-state index in [4.69, 9.17) is 30.8 Å². The van der Waals surface area contributed by atoms with E-state index in [0.717, 1.165) is 52.1 Å². The lowest BCUT2D eigenvalue weighted by Crippen LogP contribution is -2.47. The fourth-order valence-electron chi connectivity index (χ4n) is 5.24. The summed E-state index contributed by atoms with van der Waals surface area (Å²) in [5.74, 6) is -0.455. The highest BCUT2D eigenvalue weighted by atomic mass is 35.5. The number of carbonyl (C=O) groups excluding carboxylic acids is 1. The van der Waals surface area contributed by atoms with Crippen LogP contribution in [0.15, 0.2) is 24.3 Å². The lowest BCUT2D eigenvalue weighted by atomic mass is 9.91. The van der Waals surface area contributed by atoms with Crippen molar-refractivity contribution in [2.75, 3.05) is 7.11 Å². The normalized spacial score (nSPS) is 18.2. The Bertz CT molecular complexity index is 1290. The molecule has 194 valence electrons. The third-order valence-corrected chi connectivity index (χ3v) is 7.11. The summed E-state index contributed by atoms with van der Waals surface area (Å²) >= 11 is 6.25. The van der Waals surface area contributed by atoms with E-state index in [-0.39, 0.29) is 11.7 Å². The summed E-state index contributed by atoms with van der Waals surface area (Å²) in [4.78, 5) is 18.2. The molecule has 0 aliphatic carbocycles. The van der Waals surface area contributed by atoms with E-state index in [1.54, 1.807) is 0 Å². The quantitative estimate of drug-likeness (QED) is 0.337. The van der Waals surface area contributed by atoms with Crippen LogP contribution in [0.3, 0.4) is 0 Å². The van der Waals surface area contributed by atoms with E-state index in [1.807, 2.05) is 52.0 Å². The summed E-state index contributed by atoms with van der Waals surface area (Å²) in [5.41, 5.74) is 5.76. The molecule has 3 heterocycles. The molecule has 0 saturated carbocycles. The van der Waals surface area contributed by atoms with Gasteiger partial charge in [0.05, 0.1) is 31.0 Å². The lowest BCUT2D eigenvalue weighted by molar-refractivity contribution is -0.188. The maximum Gasteiger partial charge on any atom is 0.339 e. The second-order valence-corrected chi connectivity index (χ2v) is 11.8. The molecule has 0 bridgehead atoms. The van der Waals surface area contributed by atoms with Crippen molar-refractivity contribution in [3.8, 4) is 11.1 Å². The second-order valence-electron chi connectivity index (χ2n) is 11.3. The molecule has 3 aromatic rings. The fourth-order valence-corrected chi connectivity index (χ4v) is 5.36. The first-order valence-electron chi connectivity index (χ1n) is 12.4. The molecule has 2 aromatic heterocycles. The molecule has 1 aliphatic rings. The Balaban J connectivity index is 2.01. The molecule has 0 spiro atoms. The van der Waals surface area contributed by atoms with Crippen LogP contribution in [-0.2, 0) is 25.5 Å². The highest BCUT2D eigenvalue weighted by Gasteiger charge is 2.39. The number of hydrogen-bond acceptors (Lipinski definition) is 5. The average Bonchev–Trinajstić information content (AvgIpc) is 2.99. The van der Waals surface area contributed by atoms with Crippen molar-refractivity contribution in [1.29, 1.82) is 0 Å². The molecule has 1 fully saturated rings. The summed E-state index contributed by atoms with van der Waals surface area (Å²) in [7, 11) is 1.39. The van der Waals surface area contributed by atoms with Gasteiger partial charge in [0.25, 0.3) is 0 Å². The van der Waals surface area contributed by atoms with Crippen molar-refractivity contribution in [3.63, 3.8) is 0 Å². The summed E-state index contributed by atoms with van der Waals surface area (Å²) in [6, 6.07) is 7.69. The van der Waals surface area contributed by atoms with Gasteiger partial charge in [-0.05, 0) is 78.6 Å². The number of pyridine rings is 1. The Morgan fingerprint density at radius 2 is 1.83 bits per heavy atom. The van der Waals surface area contributed by atoms with Gasteiger partial charge in [0.2, 0.25) is 0 Å². The number of benzene rings is 1. The highest BCUT2D eigenvalue weighted by Crippen LogP contribution is 2.43. The molecule has 4 rings (SSSR count). The van der Waals surface area contributed by atoms with Crippen molar-refractivity contribution < 1.29 is 19.0 Å². The van der Waals surface area contributed by atoms with E-state index in [9.17, 15) is 4.79 Å². The molecule has 2 atom stereocenters. The van der Waals surface area contributed by atoms with E-state index < -0.39 is 17.7 Å². The van der Waals surface area contributed by atoms with E-state index in [0.29, 0.717) is 10.6 Å². The number of methoxy groups -OCH3 is 1. The SMILES string of the molecule is COC(=O)[C@@H](OC(C)(C)C)c1c(C)nc2c(c(C)c(C)n2CC2CC(C)(C)O2)c1-c1ccc(Cl)cc1. The molecule has 0 amide bonds. The smallest absolute Gasteiger partial charge is 0.339 e. The van der Waals surface area contributed by atoms with Crippen molar-refractivity contribution in [3.05, 3.63) is 51.8 Å². The number of hydrogen-bond donors (Lipinski definition) is 0. The monoisotopic (exact) mass is 512 g/mol. The zero-order valence-electron chi connectivity index (χ0n) is 22.8. The van der Waals surface area contributed by atoms with Crippen LogP contribution in [0, 0.1) is 20.8 Å². The predicted molar refractivity (Wildman–Crippen MR) is 144 cm³/mol. The Morgan fingerprint density at radius 1 is 1.22 bits per heavy atom. The number of halogens is 1. The summed E-state index contributed by atoms with van der Waals surface area (Å²) < 4.78 is 19.9. The third kappa shape index (κ3) is 5.04. The molecule has 7 heteroatoms. The number of aromatic nitrogens is 2. The Labute approximate surface area is 218 Å². The van der Waals surface area contributed by atoms with Gasteiger partial charge >= 0.3 is 5.97 Å². The Hall–Kier alpha value is -2.41. The molecule has 0 radical (unpaired) electrons. The van der Waals surface area contributed by atoms with E-state index in [2.05, 4.69) is 32.3 Å². The van der Waals surface area contributed by atoms with E-state index in [1.165, 1.54) is 7.11 Å². The molecular weight excluding hydrogens is 476 g/mol. The molecule has 1 aromatic carbocycles. The van der Waals surface area contributed by atoms with Crippen molar-refractivity contribution in [2.45, 2.75) is 91.8 Å². The number of fused-ring (bicyclic) bond motifs is 1. The molecule has 1 saturated heterocycles. The predicted octanol–water partition coefficient (Wildman–Crippen LogP) is 6.88. The van der Waals surface area contributed by atoms with E-state index >= 15 is 0 Å².